The van der Waals surface area contributed by atoms with Gasteiger partial charge >= 0.3 is 0 Å². The zero-order chi connectivity index (χ0) is 10.7. The molecule has 0 unspecified atom stereocenters. The summed E-state index contributed by atoms with van der Waals surface area (Å²) in [5.74, 6) is 0.456. The average molecular weight is 216 g/mol. The number of halogens is 1. The summed E-state index contributed by atoms with van der Waals surface area (Å²) in [6, 6.07) is 3.09. The maximum atomic E-state index is 10.6. The third-order valence-electron chi connectivity index (χ3n) is 1.90. The van der Waals surface area contributed by atoms with E-state index in [1.54, 1.807) is 13.0 Å². The molecular weight excluding hydrogens is 206 g/mol. The van der Waals surface area contributed by atoms with Crippen molar-refractivity contribution in [3.05, 3.63) is 33.4 Å². The summed E-state index contributed by atoms with van der Waals surface area (Å²) < 4.78 is 5.04. The van der Waals surface area contributed by atoms with Crippen LogP contribution >= 0.6 is 11.6 Å². The highest BCUT2D eigenvalue weighted by Crippen LogP contribution is 2.27. The smallest absolute Gasteiger partial charge is 0.276 e. The van der Waals surface area contributed by atoms with Crippen LogP contribution in [0.25, 0.3) is 0 Å². The van der Waals surface area contributed by atoms with Crippen molar-refractivity contribution in [3.63, 3.8) is 0 Å². The quantitative estimate of drug-likeness (QED) is 0.443. The van der Waals surface area contributed by atoms with E-state index in [2.05, 4.69) is 0 Å². The Morgan fingerprint density at radius 1 is 1.43 bits per heavy atom. The first-order chi connectivity index (χ1) is 6.56. The van der Waals surface area contributed by atoms with Crippen LogP contribution in [0.3, 0.4) is 0 Å². The molecule has 0 aromatic heterocycles. The van der Waals surface area contributed by atoms with Crippen LogP contribution < -0.4 is 4.74 Å². The summed E-state index contributed by atoms with van der Waals surface area (Å²) in [4.78, 5) is 10.2. The van der Waals surface area contributed by atoms with Crippen molar-refractivity contribution >= 4 is 17.3 Å². The SMILES string of the molecule is Cc1cc(C)c([N+](=O)[O-])cc1OCCl. The summed E-state index contributed by atoms with van der Waals surface area (Å²) in [5, 5.41) is 10.6. The number of rotatable bonds is 3. The van der Waals surface area contributed by atoms with Crippen LogP contribution in [-0.2, 0) is 0 Å². The summed E-state index contributed by atoms with van der Waals surface area (Å²) in [6.45, 7) is 3.51. The third-order valence-corrected chi connectivity index (χ3v) is 2.01. The molecule has 0 saturated heterocycles. The van der Waals surface area contributed by atoms with Gasteiger partial charge in [0.05, 0.1) is 11.0 Å². The molecule has 0 spiro atoms. The Morgan fingerprint density at radius 2 is 2.07 bits per heavy atom. The number of ether oxygens (including phenoxy) is 1. The molecule has 0 radical (unpaired) electrons. The topological polar surface area (TPSA) is 52.4 Å². The first-order valence-corrected chi connectivity index (χ1v) is 4.54. The van der Waals surface area contributed by atoms with Crippen LogP contribution in [0.5, 0.6) is 5.75 Å². The number of hydrogen-bond acceptors (Lipinski definition) is 3. The van der Waals surface area contributed by atoms with Crippen LogP contribution in [0, 0.1) is 24.0 Å². The Hall–Kier alpha value is -1.29. The number of alkyl halides is 1. The monoisotopic (exact) mass is 215 g/mol. The Balaban J connectivity index is 3.20. The number of hydrogen-bond donors (Lipinski definition) is 0. The number of benzene rings is 1. The summed E-state index contributed by atoms with van der Waals surface area (Å²) in [5.41, 5.74) is 1.51. The van der Waals surface area contributed by atoms with E-state index in [4.69, 9.17) is 16.3 Å². The largest absolute Gasteiger partial charge is 0.477 e. The second kappa shape index (κ2) is 4.28. The molecular formula is C9H10ClNO3. The van der Waals surface area contributed by atoms with E-state index in [9.17, 15) is 10.1 Å². The third kappa shape index (κ3) is 2.14. The van der Waals surface area contributed by atoms with Gasteiger partial charge in [-0.1, -0.05) is 11.6 Å². The van der Waals surface area contributed by atoms with Crippen LogP contribution in [0.15, 0.2) is 12.1 Å². The second-order valence-electron chi connectivity index (χ2n) is 2.91. The highest BCUT2D eigenvalue weighted by Gasteiger charge is 2.13. The van der Waals surface area contributed by atoms with Gasteiger partial charge in [0.25, 0.3) is 5.69 Å². The van der Waals surface area contributed by atoms with Crippen molar-refractivity contribution in [3.8, 4) is 5.75 Å². The Bertz CT molecular complexity index is 365. The van der Waals surface area contributed by atoms with Gasteiger partial charge in [-0.2, -0.15) is 0 Å². The van der Waals surface area contributed by atoms with Crippen molar-refractivity contribution in [1.82, 2.24) is 0 Å². The van der Waals surface area contributed by atoms with E-state index in [0.717, 1.165) is 5.56 Å². The summed E-state index contributed by atoms with van der Waals surface area (Å²) in [7, 11) is 0. The molecule has 0 saturated carbocycles. The molecule has 0 bridgehead atoms. The van der Waals surface area contributed by atoms with E-state index in [1.807, 2.05) is 6.92 Å². The fourth-order valence-electron chi connectivity index (χ4n) is 1.23. The van der Waals surface area contributed by atoms with E-state index in [0.29, 0.717) is 11.3 Å². The maximum Gasteiger partial charge on any atom is 0.276 e. The molecule has 1 aromatic carbocycles. The van der Waals surface area contributed by atoms with Crippen molar-refractivity contribution in [2.45, 2.75) is 13.8 Å². The lowest BCUT2D eigenvalue weighted by Gasteiger charge is -2.06. The van der Waals surface area contributed by atoms with E-state index in [1.165, 1.54) is 6.07 Å². The minimum absolute atomic E-state index is 0.0128. The van der Waals surface area contributed by atoms with Crippen molar-refractivity contribution in [1.29, 1.82) is 0 Å². The zero-order valence-electron chi connectivity index (χ0n) is 7.91. The molecule has 0 aliphatic rings. The van der Waals surface area contributed by atoms with Crippen molar-refractivity contribution in [2.24, 2.45) is 0 Å². The van der Waals surface area contributed by atoms with Crippen LogP contribution in [0.2, 0.25) is 0 Å². The molecule has 5 heteroatoms. The molecule has 0 N–H and O–H groups in total. The molecule has 0 aliphatic carbocycles. The lowest BCUT2D eigenvalue weighted by atomic mass is 10.1. The van der Waals surface area contributed by atoms with Gasteiger partial charge in [0.2, 0.25) is 0 Å². The molecule has 0 fully saturated rings. The van der Waals surface area contributed by atoms with Crippen LogP contribution in [0.1, 0.15) is 11.1 Å². The van der Waals surface area contributed by atoms with E-state index < -0.39 is 4.92 Å². The molecule has 1 aromatic rings. The Labute approximate surface area is 86.6 Å². The van der Waals surface area contributed by atoms with Gasteiger partial charge in [-0.15, -0.1) is 0 Å². The molecule has 76 valence electrons. The standard InChI is InChI=1S/C9H10ClNO3/c1-6-3-7(2)9(14-5-10)4-8(6)11(12)13/h3-4H,5H2,1-2H3. The summed E-state index contributed by atoms with van der Waals surface area (Å²) >= 11 is 5.39. The van der Waals surface area contributed by atoms with Gasteiger partial charge in [-0.05, 0) is 25.5 Å². The van der Waals surface area contributed by atoms with Crippen molar-refractivity contribution < 1.29 is 9.66 Å². The fraction of sp³-hybridized carbons (Fsp3) is 0.333. The Morgan fingerprint density at radius 3 is 2.57 bits per heavy atom. The average Bonchev–Trinajstić information content (AvgIpc) is 2.09. The first kappa shape index (κ1) is 10.8. The van der Waals surface area contributed by atoms with Crippen molar-refractivity contribution in [2.75, 3.05) is 6.07 Å². The van der Waals surface area contributed by atoms with Gasteiger partial charge in [-0.25, -0.2) is 0 Å². The molecule has 0 amide bonds. The molecule has 0 atom stereocenters. The van der Waals surface area contributed by atoms with E-state index >= 15 is 0 Å². The van der Waals surface area contributed by atoms with Crippen LogP contribution in [-0.4, -0.2) is 11.0 Å². The molecule has 1 rings (SSSR count). The fourth-order valence-corrected chi connectivity index (χ4v) is 1.35. The number of nitrogens with zero attached hydrogens (tertiary/aromatic N) is 1. The second-order valence-corrected chi connectivity index (χ2v) is 3.13. The zero-order valence-corrected chi connectivity index (χ0v) is 8.67. The van der Waals surface area contributed by atoms with Crippen LogP contribution in [0.4, 0.5) is 5.69 Å². The molecule has 0 heterocycles. The predicted octanol–water partition coefficient (Wildman–Crippen LogP) is 2.79. The van der Waals surface area contributed by atoms with Gasteiger partial charge in [0.15, 0.2) is 6.07 Å². The van der Waals surface area contributed by atoms with Gasteiger partial charge in [0.1, 0.15) is 5.75 Å². The van der Waals surface area contributed by atoms with Gasteiger partial charge in [0, 0.05) is 5.56 Å². The highest BCUT2D eigenvalue weighted by molar-refractivity contribution is 6.17. The number of nitro groups is 1. The molecule has 4 nitrogen and oxygen atoms in total. The van der Waals surface area contributed by atoms with Gasteiger partial charge in [-0.3, -0.25) is 10.1 Å². The van der Waals surface area contributed by atoms with Gasteiger partial charge < -0.3 is 4.74 Å². The first-order valence-electron chi connectivity index (χ1n) is 4.00. The normalized spacial score (nSPS) is 9.93. The highest BCUT2D eigenvalue weighted by atomic mass is 35.5. The molecule has 14 heavy (non-hydrogen) atoms. The molecule has 0 aliphatic heterocycles. The van der Waals surface area contributed by atoms with E-state index in [-0.39, 0.29) is 11.8 Å². The summed E-state index contributed by atoms with van der Waals surface area (Å²) in [6.07, 6.45) is 0. The number of aryl methyl sites for hydroxylation is 2. The maximum absolute atomic E-state index is 10.6. The minimum atomic E-state index is -0.435. The predicted molar refractivity (Wildman–Crippen MR) is 53.9 cm³/mol. The lowest BCUT2D eigenvalue weighted by molar-refractivity contribution is -0.385. The Kier molecular flexibility index (Phi) is 3.30. The minimum Gasteiger partial charge on any atom is -0.477 e. The lowest BCUT2D eigenvalue weighted by Crippen LogP contribution is -1.97. The number of nitro benzene ring substituents is 1.